The topological polar surface area (TPSA) is 88.3 Å². The van der Waals surface area contributed by atoms with E-state index in [9.17, 15) is 9.59 Å². The van der Waals surface area contributed by atoms with E-state index in [0.717, 1.165) is 0 Å². The van der Waals surface area contributed by atoms with Gasteiger partial charge in [-0.3, -0.25) is 4.79 Å². The van der Waals surface area contributed by atoms with E-state index < -0.39 is 5.97 Å². The second-order valence-corrected chi connectivity index (χ2v) is 4.42. The molecule has 2 aromatic heterocycles. The number of hydrogen-bond donors (Lipinski definition) is 1. The number of carboxylic acid groups (broad SMARTS) is 1. The van der Waals surface area contributed by atoms with Gasteiger partial charge in [-0.15, -0.1) is 0 Å². The molecule has 0 radical (unpaired) electrons. The Morgan fingerprint density at radius 3 is 2.80 bits per heavy atom. The highest BCUT2D eigenvalue weighted by atomic mass is 16.4. The quantitative estimate of drug-likeness (QED) is 0.871. The first-order valence-electron chi connectivity index (χ1n) is 5.90. The normalized spacial score (nSPS) is 10.3. The van der Waals surface area contributed by atoms with Gasteiger partial charge in [0.2, 0.25) is 0 Å². The first-order valence-corrected chi connectivity index (χ1v) is 5.90. The Labute approximate surface area is 115 Å². The summed E-state index contributed by atoms with van der Waals surface area (Å²) < 4.78 is 1.20. The predicted molar refractivity (Wildman–Crippen MR) is 73.1 cm³/mol. The molecule has 2 heterocycles. The SMILES string of the molecule is CN(C)c1cnn(Cc2cccnc2C(=O)O)c(=O)c1. The number of carbonyl (C=O) groups is 1. The lowest BCUT2D eigenvalue weighted by Crippen LogP contribution is -2.25. The fourth-order valence-corrected chi connectivity index (χ4v) is 1.71. The van der Waals surface area contributed by atoms with Crippen LogP contribution in [0.5, 0.6) is 0 Å². The van der Waals surface area contributed by atoms with E-state index in [-0.39, 0.29) is 17.8 Å². The number of hydrogen-bond acceptors (Lipinski definition) is 5. The number of anilines is 1. The van der Waals surface area contributed by atoms with Gasteiger partial charge in [0.15, 0.2) is 5.69 Å². The molecule has 0 unspecified atom stereocenters. The van der Waals surface area contributed by atoms with Gasteiger partial charge in [0.05, 0.1) is 18.4 Å². The molecule has 2 aromatic rings. The lowest BCUT2D eigenvalue weighted by Gasteiger charge is -2.12. The first-order chi connectivity index (χ1) is 9.49. The number of nitrogens with zero attached hydrogens (tertiary/aromatic N) is 4. The van der Waals surface area contributed by atoms with Crippen molar-refractivity contribution in [1.82, 2.24) is 14.8 Å². The molecule has 7 nitrogen and oxygen atoms in total. The molecule has 0 saturated heterocycles. The minimum atomic E-state index is -1.13. The number of carboxylic acids is 1. The Morgan fingerprint density at radius 1 is 1.45 bits per heavy atom. The molecule has 0 saturated carbocycles. The van der Waals surface area contributed by atoms with Gasteiger partial charge < -0.3 is 10.0 Å². The summed E-state index contributed by atoms with van der Waals surface area (Å²) in [5.41, 5.74) is 0.761. The molecule has 0 atom stereocenters. The van der Waals surface area contributed by atoms with Crippen molar-refractivity contribution in [2.24, 2.45) is 0 Å². The van der Waals surface area contributed by atoms with Crippen molar-refractivity contribution in [2.75, 3.05) is 19.0 Å². The first kappa shape index (κ1) is 13.7. The Balaban J connectivity index is 2.36. The maximum atomic E-state index is 11.9. The summed E-state index contributed by atoms with van der Waals surface area (Å²) in [6.45, 7) is 0.0714. The van der Waals surface area contributed by atoms with Crippen LogP contribution in [0.15, 0.2) is 35.4 Å². The summed E-state index contributed by atoms with van der Waals surface area (Å²) in [6.07, 6.45) is 2.95. The third kappa shape index (κ3) is 2.82. The molecular weight excluding hydrogens is 260 g/mol. The van der Waals surface area contributed by atoms with Crippen LogP contribution in [-0.2, 0) is 6.54 Å². The van der Waals surface area contributed by atoms with E-state index in [0.29, 0.717) is 11.3 Å². The fourth-order valence-electron chi connectivity index (χ4n) is 1.71. The fraction of sp³-hybridized carbons (Fsp3) is 0.231. The maximum absolute atomic E-state index is 11.9. The van der Waals surface area contributed by atoms with E-state index in [1.54, 1.807) is 23.2 Å². The van der Waals surface area contributed by atoms with Gasteiger partial charge in [-0.05, 0) is 6.07 Å². The zero-order valence-corrected chi connectivity index (χ0v) is 11.1. The van der Waals surface area contributed by atoms with Gasteiger partial charge in [0.25, 0.3) is 5.56 Å². The van der Waals surface area contributed by atoms with E-state index in [1.807, 2.05) is 14.1 Å². The molecule has 0 amide bonds. The van der Waals surface area contributed by atoms with Crippen LogP contribution in [0.4, 0.5) is 5.69 Å². The smallest absolute Gasteiger partial charge is 0.354 e. The Bertz CT molecular complexity index is 694. The second-order valence-electron chi connectivity index (χ2n) is 4.42. The summed E-state index contributed by atoms with van der Waals surface area (Å²) in [7, 11) is 3.62. The van der Waals surface area contributed by atoms with Crippen molar-refractivity contribution in [3.05, 3.63) is 52.2 Å². The van der Waals surface area contributed by atoms with Crippen LogP contribution in [-0.4, -0.2) is 39.9 Å². The van der Waals surface area contributed by atoms with Crippen molar-refractivity contribution in [3.8, 4) is 0 Å². The number of pyridine rings is 1. The number of aromatic nitrogens is 3. The van der Waals surface area contributed by atoms with Crippen LogP contribution in [0.2, 0.25) is 0 Å². The van der Waals surface area contributed by atoms with Crippen molar-refractivity contribution >= 4 is 11.7 Å². The summed E-state index contributed by atoms with van der Waals surface area (Å²) in [5, 5.41) is 13.1. The Hall–Kier alpha value is -2.70. The zero-order chi connectivity index (χ0) is 14.7. The van der Waals surface area contributed by atoms with E-state index in [4.69, 9.17) is 5.11 Å². The van der Waals surface area contributed by atoms with Crippen LogP contribution < -0.4 is 10.5 Å². The Kier molecular flexibility index (Phi) is 3.79. The van der Waals surface area contributed by atoms with Crippen LogP contribution in [0.25, 0.3) is 0 Å². The summed E-state index contributed by atoms with van der Waals surface area (Å²) >= 11 is 0. The van der Waals surface area contributed by atoms with Gasteiger partial charge in [0, 0.05) is 31.9 Å². The molecule has 0 aliphatic carbocycles. The molecule has 7 heteroatoms. The Morgan fingerprint density at radius 2 is 2.20 bits per heavy atom. The van der Waals surface area contributed by atoms with Crippen molar-refractivity contribution in [3.63, 3.8) is 0 Å². The van der Waals surface area contributed by atoms with Gasteiger partial charge in [0.1, 0.15) is 0 Å². The molecule has 20 heavy (non-hydrogen) atoms. The van der Waals surface area contributed by atoms with Crippen LogP contribution in [0, 0.1) is 0 Å². The molecule has 0 aromatic carbocycles. The molecule has 0 aliphatic rings. The third-order valence-electron chi connectivity index (χ3n) is 2.79. The zero-order valence-electron chi connectivity index (χ0n) is 11.1. The highest BCUT2D eigenvalue weighted by Crippen LogP contribution is 2.08. The minimum absolute atomic E-state index is 0.0714. The monoisotopic (exact) mass is 274 g/mol. The van der Waals surface area contributed by atoms with Gasteiger partial charge in [-0.25, -0.2) is 14.5 Å². The summed E-state index contributed by atoms with van der Waals surface area (Å²) in [4.78, 5) is 28.6. The summed E-state index contributed by atoms with van der Waals surface area (Å²) in [5.74, 6) is -1.13. The standard InChI is InChI=1S/C13H14N4O3/c1-16(2)10-6-11(18)17(15-7-10)8-9-4-3-5-14-12(9)13(19)20/h3-7H,8H2,1-2H3,(H,19,20). The largest absolute Gasteiger partial charge is 0.477 e. The predicted octanol–water partition coefficient (Wildman–Crippen LogP) is 0.451. The van der Waals surface area contributed by atoms with Crippen LogP contribution >= 0.6 is 0 Å². The average molecular weight is 274 g/mol. The maximum Gasteiger partial charge on any atom is 0.354 e. The molecule has 104 valence electrons. The molecule has 0 aliphatic heterocycles. The average Bonchev–Trinajstić information content (AvgIpc) is 2.41. The third-order valence-corrected chi connectivity index (χ3v) is 2.79. The van der Waals surface area contributed by atoms with Crippen LogP contribution in [0.1, 0.15) is 16.1 Å². The molecule has 2 rings (SSSR count). The molecular formula is C13H14N4O3. The minimum Gasteiger partial charge on any atom is -0.477 e. The van der Waals surface area contributed by atoms with Crippen molar-refractivity contribution < 1.29 is 9.90 Å². The van der Waals surface area contributed by atoms with Crippen LogP contribution in [0.3, 0.4) is 0 Å². The summed E-state index contributed by atoms with van der Waals surface area (Å²) in [6, 6.07) is 4.69. The molecule has 0 spiro atoms. The molecule has 1 N–H and O–H groups in total. The highest BCUT2D eigenvalue weighted by Gasteiger charge is 2.12. The lowest BCUT2D eigenvalue weighted by molar-refractivity contribution is 0.0689. The van der Waals surface area contributed by atoms with Crippen molar-refractivity contribution in [2.45, 2.75) is 6.54 Å². The highest BCUT2D eigenvalue weighted by molar-refractivity contribution is 5.86. The van der Waals surface area contributed by atoms with Gasteiger partial charge in [-0.2, -0.15) is 5.10 Å². The lowest BCUT2D eigenvalue weighted by atomic mass is 10.2. The van der Waals surface area contributed by atoms with Crippen molar-refractivity contribution in [1.29, 1.82) is 0 Å². The number of aromatic carboxylic acids is 1. The second kappa shape index (κ2) is 5.52. The molecule has 0 fully saturated rings. The van der Waals surface area contributed by atoms with E-state index >= 15 is 0 Å². The van der Waals surface area contributed by atoms with Gasteiger partial charge in [-0.1, -0.05) is 6.07 Å². The number of rotatable bonds is 4. The molecule has 0 bridgehead atoms. The van der Waals surface area contributed by atoms with E-state index in [2.05, 4.69) is 10.1 Å². The van der Waals surface area contributed by atoms with Gasteiger partial charge >= 0.3 is 5.97 Å². The van der Waals surface area contributed by atoms with E-state index in [1.165, 1.54) is 16.9 Å².